The largest absolute Gasteiger partial charge is 0.488 e. The third kappa shape index (κ3) is 6.50. The maximum atomic E-state index is 14.4. The monoisotopic (exact) mass is 395 g/mol. The zero-order valence-corrected chi connectivity index (χ0v) is 16.0. The van der Waals surface area contributed by atoms with E-state index < -0.39 is 23.4 Å². The second-order valence-electron chi connectivity index (χ2n) is 6.03. The Morgan fingerprint density at radius 2 is 1.96 bits per heavy atom. The van der Waals surface area contributed by atoms with E-state index in [1.165, 1.54) is 12.1 Å². The molecule has 0 aliphatic carbocycles. The van der Waals surface area contributed by atoms with Gasteiger partial charge in [-0.25, -0.2) is 13.8 Å². The Morgan fingerprint density at radius 1 is 1.22 bits per heavy atom. The fraction of sp³-hybridized carbons (Fsp3) is 0.400. The number of halogens is 2. The normalized spacial score (nSPS) is 10.8. The molecular weight excluding hydrogens is 372 g/mol. The molecule has 0 unspecified atom stereocenters. The van der Waals surface area contributed by atoms with Gasteiger partial charge in [0.05, 0.1) is 6.61 Å². The topological polar surface area (TPSA) is 59.4 Å². The predicted octanol–water partition coefficient (Wildman–Crippen LogP) is 5.55. The summed E-state index contributed by atoms with van der Waals surface area (Å²) in [4.78, 5) is 14.7. The van der Waals surface area contributed by atoms with Crippen LogP contribution in [0.4, 0.5) is 8.78 Å². The highest BCUT2D eigenvalue weighted by Gasteiger charge is 2.16. The molecule has 0 radical (unpaired) electrons. The minimum atomic E-state index is -0.851. The first-order valence-corrected chi connectivity index (χ1v) is 9.93. The van der Waals surface area contributed by atoms with Gasteiger partial charge in [0.15, 0.2) is 17.4 Å². The van der Waals surface area contributed by atoms with Crippen molar-refractivity contribution < 1.29 is 23.4 Å². The molecule has 0 aliphatic rings. The SMILES string of the molecule is CCCSc1ncccc1-c1cc(F)c(OCCCCCC(=O)O)c(F)c1. The standard InChI is InChI=1S/C20H23F2NO3S/c1-2-11-27-20-15(7-6-9-23-20)14-12-16(21)19(17(22)13-14)26-10-5-3-4-8-18(24)25/h6-7,9,12-13H,2-5,8,10-11H2,1H3,(H,24,25). The number of aliphatic carboxylic acids is 1. The van der Waals surface area contributed by atoms with Gasteiger partial charge in [0.1, 0.15) is 5.03 Å². The Labute approximate surface area is 162 Å². The summed E-state index contributed by atoms with van der Waals surface area (Å²) in [7, 11) is 0. The van der Waals surface area contributed by atoms with Crippen molar-refractivity contribution in [3.05, 3.63) is 42.1 Å². The van der Waals surface area contributed by atoms with Crippen molar-refractivity contribution >= 4 is 17.7 Å². The van der Waals surface area contributed by atoms with Crippen LogP contribution < -0.4 is 4.74 Å². The van der Waals surface area contributed by atoms with Crippen molar-refractivity contribution in [1.29, 1.82) is 0 Å². The molecule has 1 aromatic heterocycles. The molecule has 0 saturated heterocycles. The number of carbonyl (C=O) groups is 1. The number of hydrogen-bond donors (Lipinski definition) is 1. The predicted molar refractivity (Wildman–Crippen MR) is 102 cm³/mol. The highest BCUT2D eigenvalue weighted by Crippen LogP contribution is 2.34. The molecule has 2 aromatic rings. The Bertz CT molecular complexity index is 748. The summed E-state index contributed by atoms with van der Waals surface area (Å²) in [6.45, 7) is 2.19. The molecule has 0 atom stereocenters. The summed E-state index contributed by atoms with van der Waals surface area (Å²) in [5.74, 6) is -1.89. The maximum absolute atomic E-state index is 14.4. The number of unbranched alkanes of at least 4 members (excludes halogenated alkanes) is 2. The van der Waals surface area contributed by atoms with Crippen molar-refractivity contribution in [2.24, 2.45) is 0 Å². The molecule has 2 rings (SSSR count). The molecule has 146 valence electrons. The molecule has 1 N–H and O–H groups in total. The highest BCUT2D eigenvalue weighted by molar-refractivity contribution is 7.99. The number of benzene rings is 1. The molecule has 0 fully saturated rings. The van der Waals surface area contributed by atoms with Crippen molar-refractivity contribution in [1.82, 2.24) is 4.98 Å². The third-order valence-electron chi connectivity index (χ3n) is 3.80. The fourth-order valence-electron chi connectivity index (χ4n) is 2.51. The zero-order valence-electron chi connectivity index (χ0n) is 15.2. The van der Waals surface area contributed by atoms with Crippen molar-refractivity contribution in [3.63, 3.8) is 0 Å². The van der Waals surface area contributed by atoms with E-state index in [9.17, 15) is 13.6 Å². The van der Waals surface area contributed by atoms with Crippen LogP contribution in [-0.2, 0) is 4.79 Å². The van der Waals surface area contributed by atoms with E-state index in [0.717, 1.165) is 17.2 Å². The molecule has 0 spiro atoms. The number of carboxylic acids is 1. The first-order chi connectivity index (χ1) is 13.0. The second kappa shape index (κ2) is 10.9. The molecule has 4 nitrogen and oxygen atoms in total. The van der Waals surface area contributed by atoms with E-state index in [1.54, 1.807) is 30.1 Å². The molecule has 0 amide bonds. The van der Waals surface area contributed by atoms with E-state index in [0.29, 0.717) is 30.4 Å². The average molecular weight is 395 g/mol. The van der Waals surface area contributed by atoms with Crippen LogP contribution in [0, 0.1) is 11.6 Å². The lowest BCUT2D eigenvalue weighted by Crippen LogP contribution is -2.03. The van der Waals surface area contributed by atoms with Gasteiger partial charge >= 0.3 is 5.97 Å². The Hall–Kier alpha value is -2.15. The van der Waals surface area contributed by atoms with Crippen LogP contribution in [0.1, 0.15) is 39.0 Å². The van der Waals surface area contributed by atoms with Crippen LogP contribution in [0.2, 0.25) is 0 Å². The van der Waals surface area contributed by atoms with Gasteiger partial charge in [-0.3, -0.25) is 4.79 Å². The van der Waals surface area contributed by atoms with E-state index in [1.807, 2.05) is 0 Å². The maximum Gasteiger partial charge on any atom is 0.303 e. The lowest BCUT2D eigenvalue weighted by atomic mass is 10.1. The summed E-state index contributed by atoms with van der Waals surface area (Å²) >= 11 is 1.55. The number of ether oxygens (including phenoxy) is 1. The van der Waals surface area contributed by atoms with Gasteiger partial charge in [-0.15, -0.1) is 11.8 Å². The molecule has 7 heteroatoms. The molecular formula is C20H23F2NO3S. The van der Waals surface area contributed by atoms with Crippen molar-refractivity contribution in [3.8, 4) is 16.9 Å². The Morgan fingerprint density at radius 3 is 2.63 bits per heavy atom. The van der Waals surface area contributed by atoms with Crippen molar-refractivity contribution in [2.75, 3.05) is 12.4 Å². The van der Waals surface area contributed by atoms with Gasteiger partial charge in [-0.05, 0) is 55.2 Å². The molecule has 27 heavy (non-hydrogen) atoms. The van der Waals surface area contributed by atoms with Gasteiger partial charge in [0.25, 0.3) is 0 Å². The van der Waals surface area contributed by atoms with E-state index in [2.05, 4.69) is 11.9 Å². The summed E-state index contributed by atoms with van der Waals surface area (Å²) in [6.07, 6.45) is 4.40. The average Bonchev–Trinajstić information content (AvgIpc) is 2.64. The number of rotatable bonds is 11. The first kappa shape index (κ1) is 21.2. The number of thioether (sulfide) groups is 1. The van der Waals surface area contributed by atoms with Gasteiger partial charge in [-0.2, -0.15) is 0 Å². The summed E-state index contributed by atoms with van der Waals surface area (Å²) < 4.78 is 34.0. The lowest BCUT2D eigenvalue weighted by molar-refractivity contribution is -0.137. The van der Waals surface area contributed by atoms with Gasteiger partial charge in [0, 0.05) is 18.2 Å². The minimum absolute atomic E-state index is 0.0842. The van der Waals surface area contributed by atoms with E-state index in [-0.39, 0.29) is 13.0 Å². The Kier molecular flexibility index (Phi) is 8.51. The summed E-state index contributed by atoms with van der Waals surface area (Å²) in [6, 6.07) is 6.05. The van der Waals surface area contributed by atoms with Crippen LogP contribution in [-0.4, -0.2) is 28.4 Å². The number of aromatic nitrogens is 1. The van der Waals surface area contributed by atoms with Crippen LogP contribution in [0.3, 0.4) is 0 Å². The molecule has 0 bridgehead atoms. The molecule has 0 aliphatic heterocycles. The zero-order chi connectivity index (χ0) is 19.6. The first-order valence-electron chi connectivity index (χ1n) is 8.94. The smallest absolute Gasteiger partial charge is 0.303 e. The minimum Gasteiger partial charge on any atom is -0.488 e. The number of hydrogen-bond acceptors (Lipinski definition) is 4. The quantitative estimate of drug-likeness (QED) is 0.399. The van der Waals surface area contributed by atoms with Gasteiger partial charge < -0.3 is 9.84 Å². The molecule has 1 heterocycles. The molecule has 0 saturated carbocycles. The number of carboxylic acid groups (broad SMARTS) is 1. The number of pyridine rings is 1. The van der Waals surface area contributed by atoms with Crippen LogP contribution >= 0.6 is 11.8 Å². The Balaban J connectivity index is 2.05. The van der Waals surface area contributed by atoms with E-state index >= 15 is 0 Å². The van der Waals surface area contributed by atoms with Crippen LogP contribution in [0.15, 0.2) is 35.5 Å². The van der Waals surface area contributed by atoms with Gasteiger partial charge in [0.2, 0.25) is 0 Å². The highest BCUT2D eigenvalue weighted by atomic mass is 32.2. The van der Waals surface area contributed by atoms with Crippen LogP contribution in [0.25, 0.3) is 11.1 Å². The molecule has 1 aromatic carbocycles. The number of nitrogens with zero attached hydrogens (tertiary/aromatic N) is 1. The summed E-state index contributed by atoms with van der Waals surface area (Å²) in [5.41, 5.74) is 1.11. The van der Waals surface area contributed by atoms with Crippen LogP contribution in [0.5, 0.6) is 5.75 Å². The van der Waals surface area contributed by atoms with Crippen molar-refractivity contribution in [2.45, 2.75) is 44.1 Å². The fourth-order valence-corrected chi connectivity index (χ4v) is 3.38. The summed E-state index contributed by atoms with van der Waals surface area (Å²) in [5, 5.41) is 9.31. The third-order valence-corrected chi connectivity index (χ3v) is 5.02. The lowest BCUT2D eigenvalue weighted by Gasteiger charge is -2.12. The second-order valence-corrected chi connectivity index (χ2v) is 7.11. The van der Waals surface area contributed by atoms with Gasteiger partial charge in [-0.1, -0.05) is 13.0 Å². The van der Waals surface area contributed by atoms with E-state index in [4.69, 9.17) is 9.84 Å².